The van der Waals surface area contributed by atoms with Crippen LogP contribution in [0.5, 0.6) is 11.6 Å². The number of rotatable bonds is 10. The third-order valence-electron chi connectivity index (χ3n) is 7.32. The number of aromatic nitrogens is 2. The summed E-state index contributed by atoms with van der Waals surface area (Å²) >= 11 is 0. The number of hydrogen-bond donors (Lipinski definition) is 1. The van der Waals surface area contributed by atoms with E-state index < -0.39 is 17.1 Å². The molecule has 2 aliphatic rings. The maximum Gasteiger partial charge on any atom is 0.347 e. The lowest BCUT2D eigenvalue weighted by molar-refractivity contribution is -0.152. The van der Waals surface area contributed by atoms with Crippen molar-refractivity contribution < 1.29 is 29.0 Å². The van der Waals surface area contributed by atoms with Crippen molar-refractivity contribution in [1.82, 2.24) is 19.8 Å². The van der Waals surface area contributed by atoms with Crippen molar-refractivity contribution in [3.63, 3.8) is 0 Å². The van der Waals surface area contributed by atoms with E-state index in [0.29, 0.717) is 51.4 Å². The molecule has 2 aliphatic heterocycles. The summed E-state index contributed by atoms with van der Waals surface area (Å²) in [5.41, 5.74) is -1.31. The Morgan fingerprint density at radius 3 is 2.38 bits per heavy atom. The van der Waals surface area contributed by atoms with E-state index in [2.05, 4.69) is 9.97 Å². The summed E-state index contributed by atoms with van der Waals surface area (Å²) in [6.45, 7) is 8.61. The second-order valence-electron chi connectivity index (χ2n) is 11.0. The Kier molecular flexibility index (Phi) is 7.99. The van der Waals surface area contributed by atoms with Crippen molar-refractivity contribution in [3.05, 3.63) is 42.1 Å². The third kappa shape index (κ3) is 5.76. The van der Waals surface area contributed by atoms with Crippen molar-refractivity contribution in [3.8, 4) is 11.6 Å². The molecule has 0 saturated carbocycles. The van der Waals surface area contributed by atoms with Gasteiger partial charge < -0.3 is 24.4 Å². The molecular weight excluding hydrogens is 502 g/mol. The zero-order valence-electron chi connectivity index (χ0n) is 23.2. The first-order chi connectivity index (χ1) is 18.5. The van der Waals surface area contributed by atoms with Gasteiger partial charge in [-0.1, -0.05) is 26.0 Å². The average molecular weight is 540 g/mol. The number of aliphatic carboxylic acids is 1. The molecular formula is C28H37N5O6. The maximum absolute atomic E-state index is 13.8. The average Bonchev–Trinajstić information content (AvgIpc) is 3.08. The fourth-order valence-corrected chi connectivity index (χ4v) is 5.06. The first-order valence-corrected chi connectivity index (χ1v) is 13.2. The number of benzene rings is 1. The lowest BCUT2D eigenvalue weighted by Gasteiger charge is -2.42. The summed E-state index contributed by atoms with van der Waals surface area (Å²) in [4.78, 5) is 52.6. The van der Waals surface area contributed by atoms with Crippen LogP contribution in [0.25, 0.3) is 0 Å². The van der Waals surface area contributed by atoms with Crippen LogP contribution in [-0.4, -0.2) is 87.2 Å². The second kappa shape index (κ2) is 11.1. The van der Waals surface area contributed by atoms with Crippen LogP contribution in [0.4, 0.5) is 10.7 Å². The van der Waals surface area contributed by atoms with Gasteiger partial charge in [-0.15, -0.1) is 0 Å². The van der Waals surface area contributed by atoms with E-state index in [1.165, 1.54) is 31.0 Å². The number of urea groups is 1. The lowest BCUT2D eigenvalue weighted by Crippen LogP contribution is -2.57. The molecule has 3 amide bonds. The molecule has 11 nitrogen and oxygen atoms in total. The molecule has 1 N–H and O–H groups in total. The molecule has 0 bridgehead atoms. The van der Waals surface area contributed by atoms with Crippen molar-refractivity contribution >= 4 is 23.9 Å². The number of methoxy groups -OCH3 is 1. The van der Waals surface area contributed by atoms with E-state index in [4.69, 9.17) is 9.47 Å². The molecule has 3 heterocycles. The van der Waals surface area contributed by atoms with Gasteiger partial charge in [0.1, 0.15) is 11.3 Å². The summed E-state index contributed by atoms with van der Waals surface area (Å²) in [6, 6.07) is 9.00. The number of carboxylic acids is 1. The maximum atomic E-state index is 13.8. The van der Waals surface area contributed by atoms with E-state index in [1.807, 2.05) is 43.0 Å². The smallest absolute Gasteiger partial charge is 0.347 e. The van der Waals surface area contributed by atoms with Gasteiger partial charge in [-0.3, -0.25) is 9.69 Å². The van der Waals surface area contributed by atoms with Gasteiger partial charge in [0.25, 0.3) is 5.91 Å². The number of carbonyl (C=O) groups is 3. The van der Waals surface area contributed by atoms with Gasteiger partial charge in [0, 0.05) is 38.4 Å². The zero-order chi connectivity index (χ0) is 28.4. The summed E-state index contributed by atoms with van der Waals surface area (Å²) < 4.78 is 10.8. The summed E-state index contributed by atoms with van der Waals surface area (Å²) in [7, 11) is 1.62. The van der Waals surface area contributed by atoms with E-state index >= 15 is 0 Å². The Labute approximate surface area is 228 Å². The Hall–Kier alpha value is -3.89. The first kappa shape index (κ1) is 28.1. The van der Waals surface area contributed by atoms with E-state index in [0.717, 1.165) is 11.3 Å². The molecule has 0 radical (unpaired) electrons. The Balaban J connectivity index is 1.52. The molecule has 0 aliphatic carbocycles. The molecule has 2 fully saturated rings. The number of carbonyl (C=O) groups excluding carboxylic acids is 2. The normalized spacial score (nSPS) is 17.3. The number of anilines is 1. The predicted octanol–water partition coefficient (Wildman–Crippen LogP) is 3.23. The Morgan fingerprint density at radius 1 is 1.13 bits per heavy atom. The highest BCUT2D eigenvalue weighted by molar-refractivity contribution is 6.07. The van der Waals surface area contributed by atoms with Gasteiger partial charge in [-0.25, -0.2) is 14.6 Å². The number of hydrogen-bond acceptors (Lipinski definition) is 8. The highest BCUT2D eigenvalue weighted by atomic mass is 16.5. The molecule has 0 unspecified atom stereocenters. The van der Waals surface area contributed by atoms with Gasteiger partial charge in [-0.2, -0.15) is 4.98 Å². The number of amides is 3. The van der Waals surface area contributed by atoms with Crippen LogP contribution in [0.3, 0.4) is 0 Å². The van der Waals surface area contributed by atoms with E-state index in [1.54, 1.807) is 12.0 Å². The van der Waals surface area contributed by atoms with Gasteiger partial charge in [-0.05, 0) is 56.7 Å². The van der Waals surface area contributed by atoms with Crippen LogP contribution in [0, 0.1) is 5.92 Å². The summed E-state index contributed by atoms with van der Waals surface area (Å²) in [5.74, 6) is 0.224. The molecule has 210 valence electrons. The van der Waals surface area contributed by atoms with Crippen LogP contribution >= 0.6 is 0 Å². The molecule has 4 rings (SSSR count). The fourth-order valence-electron chi connectivity index (χ4n) is 5.06. The van der Waals surface area contributed by atoms with E-state index in [9.17, 15) is 19.5 Å². The van der Waals surface area contributed by atoms with Crippen molar-refractivity contribution in [2.24, 2.45) is 5.92 Å². The monoisotopic (exact) mass is 539 g/mol. The quantitative estimate of drug-likeness (QED) is 0.453. The van der Waals surface area contributed by atoms with E-state index in [-0.39, 0.29) is 23.7 Å². The van der Waals surface area contributed by atoms with Crippen LogP contribution in [-0.2, 0) is 16.0 Å². The topological polar surface area (TPSA) is 125 Å². The second-order valence-corrected chi connectivity index (χ2v) is 11.0. The number of imide groups is 1. The fraction of sp³-hybridized carbons (Fsp3) is 0.536. The van der Waals surface area contributed by atoms with Crippen molar-refractivity contribution in [1.29, 1.82) is 0 Å². The zero-order valence-corrected chi connectivity index (χ0v) is 23.2. The number of nitrogens with zero attached hydrogens (tertiary/aromatic N) is 5. The predicted molar refractivity (Wildman–Crippen MR) is 144 cm³/mol. The number of carboxylic acid groups (broad SMARTS) is 1. The van der Waals surface area contributed by atoms with Gasteiger partial charge in [0.05, 0.1) is 7.11 Å². The molecule has 39 heavy (non-hydrogen) atoms. The first-order valence-electron chi connectivity index (χ1n) is 13.2. The standard InChI is InChI=1S/C28H37N5O6/c1-19(2)18-32-23(34)28(33(26(32)37)15-11-20-6-8-21(38-5)9-7-20)12-16-31(17-13-28)25-29-14-10-22(30-25)39-27(3,4)24(35)36/h6-10,14,19H,11-13,15-18H2,1-5H3,(H,35,36). The Bertz CT molecular complexity index is 1210. The molecule has 1 spiro atoms. The minimum absolute atomic E-state index is 0.142. The SMILES string of the molecule is COc1ccc(CCN2C(=O)N(CC(C)C)C(=O)C23CCN(c2nccc(OC(C)(C)C(=O)O)n2)CC3)cc1. The van der Waals surface area contributed by atoms with Crippen molar-refractivity contribution in [2.45, 2.75) is 58.1 Å². The van der Waals surface area contributed by atoms with Gasteiger partial charge >= 0.3 is 12.0 Å². The van der Waals surface area contributed by atoms with Gasteiger partial charge in [0.15, 0.2) is 0 Å². The minimum atomic E-state index is -1.45. The van der Waals surface area contributed by atoms with Crippen LogP contribution < -0.4 is 14.4 Å². The molecule has 11 heteroatoms. The minimum Gasteiger partial charge on any atom is -0.497 e. The summed E-state index contributed by atoms with van der Waals surface area (Å²) in [5, 5.41) is 9.37. The third-order valence-corrected chi connectivity index (χ3v) is 7.32. The molecule has 1 aromatic heterocycles. The number of ether oxygens (including phenoxy) is 2. The highest BCUT2D eigenvalue weighted by Gasteiger charge is 2.57. The van der Waals surface area contributed by atoms with Crippen LogP contribution in [0.15, 0.2) is 36.5 Å². The molecule has 2 saturated heterocycles. The van der Waals surface area contributed by atoms with Crippen LogP contribution in [0.1, 0.15) is 46.1 Å². The molecule has 1 aromatic carbocycles. The summed E-state index contributed by atoms with van der Waals surface area (Å²) in [6.07, 6.45) is 3.01. The largest absolute Gasteiger partial charge is 0.497 e. The molecule has 2 aromatic rings. The van der Waals surface area contributed by atoms with Crippen LogP contribution in [0.2, 0.25) is 0 Å². The lowest BCUT2D eigenvalue weighted by atomic mass is 9.85. The molecule has 0 atom stereocenters. The Morgan fingerprint density at radius 2 is 1.79 bits per heavy atom. The van der Waals surface area contributed by atoms with Gasteiger partial charge in [0.2, 0.25) is 17.4 Å². The number of piperidine rings is 1. The van der Waals surface area contributed by atoms with Crippen molar-refractivity contribution in [2.75, 3.05) is 38.2 Å². The highest BCUT2D eigenvalue weighted by Crippen LogP contribution is 2.38.